The van der Waals surface area contributed by atoms with Crippen LogP contribution >= 0.6 is 22.9 Å². The second kappa shape index (κ2) is 4.85. The van der Waals surface area contributed by atoms with Gasteiger partial charge in [0.2, 0.25) is 4.96 Å². The van der Waals surface area contributed by atoms with Gasteiger partial charge in [-0.2, -0.15) is 9.61 Å². The van der Waals surface area contributed by atoms with Gasteiger partial charge in [0.25, 0.3) is 5.56 Å². The van der Waals surface area contributed by atoms with Crippen molar-refractivity contribution in [1.29, 1.82) is 0 Å². The highest BCUT2D eigenvalue weighted by atomic mass is 35.5. The molecule has 3 rings (SSSR count). The fourth-order valence-electron chi connectivity index (χ4n) is 2.27. The molecule has 0 radical (unpaired) electrons. The summed E-state index contributed by atoms with van der Waals surface area (Å²) in [6.45, 7) is 4.95. The van der Waals surface area contributed by atoms with Crippen LogP contribution in [0.4, 0.5) is 0 Å². The Morgan fingerprint density at radius 1 is 1.53 bits per heavy atom. The molecular formula is C12H15ClN4OS. The van der Waals surface area contributed by atoms with Crippen molar-refractivity contribution in [2.75, 3.05) is 6.54 Å². The first-order valence-corrected chi connectivity index (χ1v) is 7.60. The average molecular weight is 299 g/mol. The van der Waals surface area contributed by atoms with Crippen LogP contribution in [-0.2, 0) is 0 Å². The predicted molar refractivity (Wildman–Crippen MR) is 76.2 cm³/mol. The molecule has 0 aromatic carbocycles. The molecule has 1 saturated heterocycles. The smallest absolute Gasteiger partial charge is 0.294 e. The molecule has 0 amide bonds. The summed E-state index contributed by atoms with van der Waals surface area (Å²) in [5.74, 6) is 0.125. The van der Waals surface area contributed by atoms with E-state index in [0.29, 0.717) is 10.7 Å². The van der Waals surface area contributed by atoms with E-state index in [4.69, 9.17) is 11.6 Å². The number of aromatic nitrogens is 3. The summed E-state index contributed by atoms with van der Waals surface area (Å²) >= 11 is 7.56. The lowest BCUT2D eigenvalue weighted by Gasteiger charge is -2.05. The quantitative estimate of drug-likeness (QED) is 0.924. The molecule has 2 aromatic rings. The zero-order valence-corrected chi connectivity index (χ0v) is 12.4. The first-order chi connectivity index (χ1) is 9.08. The molecule has 102 valence electrons. The Bertz CT molecular complexity index is 672. The summed E-state index contributed by atoms with van der Waals surface area (Å²) in [6, 6.07) is 0.243. The highest BCUT2D eigenvalue weighted by Gasteiger charge is 2.23. The number of hydrogen-bond donors (Lipinski definition) is 1. The van der Waals surface area contributed by atoms with Gasteiger partial charge in [-0.3, -0.25) is 4.79 Å². The number of nitrogens with one attached hydrogen (secondary N) is 1. The van der Waals surface area contributed by atoms with Crippen LogP contribution in [0.25, 0.3) is 4.96 Å². The van der Waals surface area contributed by atoms with Gasteiger partial charge in [-0.05, 0) is 25.3 Å². The number of hydrogen-bond acceptors (Lipinski definition) is 5. The predicted octanol–water partition coefficient (Wildman–Crippen LogP) is 2.35. The van der Waals surface area contributed by atoms with E-state index >= 15 is 0 Å². The minimum atomic E-state index is -0.268. The van der Waals surface area contributed by atoms with Crippen LogP contribution in [0.15, 0.2) is 4.79 Å². The Morgan fingerprint density at radius 3 is 2.95 bits per heavy atom. The Hall–Kier alpha value is -0.980. The van der Waals surface area contributed by atoms with Crippen LogP contribution in [0.5, 0.6) is 0 Å². The second-order valence-corrected chi connectivity index (χ2v) is 6.42. The molecular weight excluding hydrogens is 284 g/mol. The molecule has 1 unspecified atom stereocenters. The van der Waals surface area contributed by atoms with Gasteiger partial charge in [0.15, 0.2) is 0 Å². The monoisotopic (exact) mass is 298 g/mol. The Balaban J connectivity index is 2.17. The van der Waals surface area contributed by atoms with Gasteiger partial charge in [0.1, 0.15) is 10.0 Å². The van der Waals surface area contributed by atoms with Gasteiger partial charge >= 0.3 is 0 Å². The van der Waals surface area contributed by atoms with Gasteiger partial charge in [-0.25, -0.2) is 4.98 Å². The first-order valence-electron chi connectivity index (χ1n) is 6.40. The molecule has 1 N–H and O–H groups in total. The number of rotatable bonds is 2. The fourth-order valence-corrected chi connectivity index (χ4v) is 3.62. The van der Waals surface area contributed by atoms with Crippen LogP contribution in [0.3, 0.4) is 0 Å². The lowest BCUT2D eigenvalue weighted by atomic mass is 10.1. The Kier molecular flexibility index (Phi) is 3.32. The summed E-state index contributed by atoms with van der Waals surface area (Å²) in [5.41, 5.74) is 0.386. The van der Waals surface area contributed by atoms with Gasteiger partial charge < -0.3 is 5.32 Å². The maximum absolute atomic E-state index is 12.2. The molecule has 0 spiro atoms. The highest BCUT2D eigenvalue weighted by molar-refractivity contribution is 7.16. The summed E-state index contributed by atoms with van der Waals surface area (Å²) in [5, 5.41) is 8.85. The van der Waals surface area contributed by atoms with Crippen molar-refractivity contribution in [3.8, 4) is 0 Å². The summed E-state index contributed by atoms with van der Waals surface area (Å²) in [6.07, 6.45) is 2.19. The third-order valence-corrected chi connectivity index (χ3v) is 4.68. The van der Waals surface area contributed by atoms with Crippen LogP contribution < -0.4 is 10.9 Å². The SMILES string of the molecule is CC(C)c1nc2sc(C3CCCN3)nn2c(=O)c1Cl. The fraction of sp³-hybridized carbons (Fsp3) is 0.583. The molecule has 0 bridgehead atoms. The van der Waals surface area contributed by atoms with Crippen LogP contribution in [0.1, 0.15) is 49.4 Å². The lowest BCUT2D eigenvalue weighted by Crippen LogP contribution is -2.19. The normalized spacial score (nSPS) is 19.7. The second-order valence-electron chi connectivity index (χ2n) is 5.05. The van der Waals surface area contributed by atoms with Gasteiger partial charge in [0, 0.05) is 0 Å². The number of nitrogens with zero attached hydrogens (tertiary/aromatic N) is 3. The van der Waals surface area contributed by atoms with Crippen molar-refractivity contribution >= 4 is 27.9 Å². The molecule has 7 heteroatoms. The molecule has 3 heterocycles. The largest absolute Gasteiger partial charge is 0.308 e. The van der Waals surface area contributed by atoms with Crippen molar-refractivity contribution in [1.82, 2.24) is 19.9 Å². The third kappa shape index (κ3) is 2.17. The van der Waals surface area contributed by atoms with E-state index < -0.39 is 0 Å². The van der Waals surface area contributed by atoms with E-state index in [2.05, 4.69) is 15.4 Å². The van der Waals surface area contributed by atoms with E-state index in [-0.39, 0.29) is 22.5 Å². The Labute approximate surface area is 119 Å². The first kappa shape index (κ1) is 13.0. The zero-order valence-electron chi connectivity index (χ0n) is 10.8. The van der Waals surface area contributed by atoms with E-state index in [1.54, 1.807) is 0 Å². The molecule has 1 aliphatic rings. The van der Waals surface area contributed by atoms with Gasteiger partial charge in [-0.15, -0.1) is 0 Å². The van der Waals surface area contributed by atoms with E-state index in [9.17, 15) is 4.79 Å². The van der Waals surface area contributed by atoms with E-state index in [1.165, 1.54) is 15.9 Å². The third-order valence-electron chi connectivity index (χ3n) is 3.30. The molecule has 1 aliphatic heterocycles. The summed E-state index contributed by atoms with van der Waals surface area (Å²) in [7, 11) is 0. The molecule has 1 fully saturated rings. The number of fused-ring (bicyclic) bond motifs is 1. The Morgan fingerprint density at radius 2 is 2.32 bits per heavy atom. The minimum absolute atomic E-state index is 0.125. The van der Waals surface area contributed by atoms with Crippen molar-refractivity contribution in [3.05, 3.63) is 26.1 Å². The highest BCUT2D eigenvalue weighted by Crippen LogP contribution is 2.28. The topological polar surface area (TPSA) is 59.3 Å². The van der Waals surface area contributed by atoms with Crippen molar-refractivity contribution in [2.45, 2.75) is 38.6 Å². The van der Waals surface area contributed by atoms with E-state index in [1.807, 2.05) is 13.8 Å². The molecule has 5 nitrogen and oxygen atoms in total. The lowest BCUT2D eigenvalue weighted by molar-refractivity contribution is 0.627. The maximum atomic E-state index is 12.2. The summed E-state index contributed by atoms with van der Waals surface area (Å²) < 4.78 is 1.33. The molecule has 19 heavy (non-hydrogen) atoms. The van der Waals surface area contributed by atoms with Crippen molar-refractivity contribution < 1.29 is 0 Å². The molecule has 2 aromatic heterocycles. The zero-order chi connectivity index (χ0) is 13.6. The van der Waals surface area contributed by atoms with Crippen LogP contribution in [0.2, 0.25) is 5.02 Å². The van der Waals surface area contributed by atoms with Crippen LogP contribution in [-0.4, -0.2) is 21.1 Å². The average Bonchev–Trinajstić information content (AvgIpc) is 3.01. The molecule has 1 atom stereocenters. The summed E-state index contributed by atoms with van der Waals surface area (Å²) in [4.78, 5) is 17.3. The van der Waals surface area contributed by atoms with Crippen molar-refractivity contribution in [2.24, 2.45) is 0 Å². The minimum Gasteiger partial charge on any atom is -0.308 e. The number of halogens is 1. The van der Waals surface area contributed by atoms with Crippen molar-refractivity contribution in [3.63, 3.8) is 0 Å². The van der Waals surface area contributed by atoms with E-state index in [0.717, 1.165) is 24.4 Å². The van der Waals surface area contributed by atoms with Crippen LogP contribution in [0, 0.1) is 0 Å². The van der Waals surface area contributed by atoms with Gasteiger partial charge in [0.05, 0.1) is 11.7 Å². The maximum Gasteiger partial charge on any atom is 0.294 e. The molecule has 0 aliphatic carbocycles. The van der Waals surface area contributed by atoms with Gasteiger partial charge in [-0.1, -0.05) is 36.8 Å². The molecule has 0 saturated carbocycles. The standard InChI is InChI=1S/C12H15ClN4OS/c1-6(2)9-8(13)11(18)17-12(15-9)19-10(16-17)7-4-3-5-14-7/h6-7,14H,3-5H2,1-2H3.